The number of aliphatic hydroxyl groups is 2. The fraction of sp³-hybridized carbons (Fsp3) is 1.00. The van der Waals surface area contributed by atoms with Crippen LogP contribution in [0.25, 0.3) is 0 Å². The summed E-state index contributed by atoms with van der Waals surface area (Å²) in [6, 6.07) is 0. The Morgan fingerprint density at radius 2 is 1.06 bits per heavy atom. The first-order valence-corrected chi connectivity index (χ1v) is 6.73. The summed E-state index contributed by atoms with van der Waals surface area (Å²) >= 11 is 0. The fourth-order valence-electron chi connectivity index (χ4n) is 2.94. The summed E-state index contributed by atoms with van der Waals surface area (Å²) in [6.45, 7) is 16.3. The highest BCUT2D eigenvalue weighted by molar-refractivity contribution is 4.97. The van der Waals surface area contributed by atoms with E-state index in [1.807, 2.05) is 48.5 Å². The van der Waals surface area contributed by atoms with Crippen molar-refractivity contribution in [1.82, 2.24) is 0 Å². The molecule has 0 aliphatic heterocycles. The maximum atomic E-state index is 10.6. The number of rotatable bonds is 4. The molecule has 0 bridgehead atoms. The molecule has 2 atom stereocenters. The van der Waals surface area contributed by atoms with Gasteiger partial charge in [-0.1, -0.05) is 61.8 Å². The molecule has 2 heteroatoms. The molecule has 0 radical (unpaired) electrons. The average Bonchev–Trinajstić information content (AvgIpc) is 2.12. The second kappa shape index (κ2) is 5.27. The molecule has 0 aromatic carbocycles. The first-order valence-electron chi connectivity index (χ1n) is 6.73. The normalized spacial score (nSPS) is 20.8. The molecule has 0 aromatic heterocycles. The van der Waals surface area contributed by atoms with E-state index in [0.717, 1.165) is 12.8 Å². The predicted octanol–water partition coefficient (Wildman–Crippen LogP) is 3.61. The minimum atomic E-state index is -0.510. The van der Waals surface area contributed by atoms with Crippen molar-refractivity contribution in [3.63, 3.8) is 0 Å². The van der Waals surface area contributed by atoms with E-state index in [1.165, 1.54) is 0 Å². The first kappa shape index (κ1) is 16.9. The molecule has 2 nitrogen and oxygen atoms in total. The molecule has 104 valence electrons. The van der Waals surface area contributed by atoms with Gasteiger partial charge in [0, 0.05) is 5.41 Å². The van der Waals surface area contributed by atoms with Crippen LogP contribution >= 0.6 is 0 Å². The largest absolute Gasteiger partial charge is 0.392 e. The molecule has 0 rings (SSSR count). The Morgan fingerprint density at radius 3 is 1.24 bits per heavy atom. The molecular formula is C15H32O2. The monoisotopic (exact) mass is 244 g/mol. The summed E-state index contributed by atoms with van der Waals surface area (Å²) in [7, 11) is 0. The van der Waals surface area contributed by atoms with Crippen LogP contribution in [0.1, 0.15) is 68.2 Å². The van der Waals surface area contributed by atoms with Crippen molar-refractivity contribution < 1.29 is 10.2 Å². The molecule has 0 fully saturated rings. The van der Waals surface area contributed by atoms with Crippen LogP contribution in [-0.4, -0.2) is 22.4 Å². The maximum absolute atomic E-state index is 10.6. The van der Waals surface area contributed by atoms with Gasteiger partial charge in [0.25, 0.3) is 0 Å². The Kier molecular flexibility index (Phi) is 5.25. The van der Waals surface area contributed by atoms with Gasteiger partial charge in [-0.25, -0.2) is 0 Å². The minimum absolute atomic E-state index is 0.212. The minimum Gasteiger partial charge on any atom is -0.392 e. The van der Waals surface area contributed by atoms with Gasteiger partial charge in [-0.2, -0.15) is 0 Å². The van der Waals surface area contributed by atoms with Gasteiger partial charge in [-0.15, -0.1) is 0 Å². The zero-order valence-corrected chi connectivity index (χ0v) is 13.0. The van der Waals surface area contributed by atoms with Gasteiger partial charge in [-0.05, 0) is 17.3 Å². The second-order valence-electron chi connectivity index (χ2n) is 7.79. The van der Waals surface area contributed by atoms with Crippen molar-refractivity contribution in [1.29, 1.82) is 0 Å². The van der Waals surface area contributed by atoms with E-state index in [0.29, 0.717) is 0 Å². The van der Waals surface area contributed by atoms with Crippen LogP contribution in [0.4, 0.5) is 0 Å². The molecule has 2 N–H and O–H groups in total. The van der Waals surface area contributed by atoms with E-state index in [1.54, 1.807) is 0 Å². The molecule has 0 heterocycles. The smallest absolute Gasteiger partial charge is 0.0666 e. The van der Waals surface area contributed by atoms with Crippen LogP contribution in [-0.2, 0) is 0 Å². The van der Waals surface area contributed by atoms with E-state index < -0.39 is 17.6 Å². The topological polar surface area (TPSA) is 40.5 Å². The van der Waals surface area contributed by atoms with Crippen LogP contribution in [0.2, 0.25) is 0 Å². The average molecular weight is 244 g/mol. The number of hydrogen-bond donors (Lipinski definition) is 2. The zero-order chi connectivity index (χ0) is 14.1. The van der Waals surface area contributed by atoms with Crippen LogP contribution in [0, 0.1) is 16.2 Å². The summed E-state index contributed by atoms with van der Waals surface area (Å²) in [5.41, 5.74) is -0.877. The third-order valence-electron chi connectivity index (χ3n) is 3.68. The lowest BCUT2D eigenvalue weighted by Gasteiger charge is -2.48. The van der Waals surface area contributed by atoms with Crippen LogP contribution in [0.5, 0.6) is 0 Å². The van der Waals surface area contributed by atoms with Gasteiger partial charge in [0.1, 0.15) is 0 Å². The van der Waals surface area contributed by atoms with Crippen molar-refractivity contribution >= 4 is 0 Å². The highest BCUT2D eigenvalue weighted by atomic mass is 16.3. The fourth-order valence-corrected chi connectivity index (χ4v) is 2.94. The van der Waals surface area contributed by atoms with Crippen molar-refractivity contribution in [2.75, 3.05) is 0 Å². The Morgan fingerprint density at radius 1 is 0.765 bits per heavy atom. The molecule has 2 unspecified atom stereocenters. The molecule has 0 amide bonds. The van der Waals surface area contributed by atoms with Gasteiger partial charge in [0.05, 0.1) is 12.2 Å². The third-order valence-corrected chi connectivity index (χ3v) is 3.68. The van der Waals surface area contributed by atoms with Crippen LogP contribution in [0.15, 0.2) is 0 Å². The molecule has 0 aromatic rings. The summed E-state index contributed by atoms with van der Waals surface area (Å²) in [4.78, 5) is 0. The second-order valence-corrected chi connectivity index (χ2v) is 7.79. The van der Waals surface area contributed by atoms with Crippen LogP contribution in [0.3, 0.4) is 0 Å². The molecular weight excluding hydrogens is 212 g/mol. The van der Waals surface area contributed by atoms with E-state index in [-0.39, 0.29) is 10.8 Å². The van der Waals surface area contributed by atoms with Crippen molar-refractivity contribution in [3.05, 3.63) is 0 Å². The standard InChI is InChI=1S/C15H32O2/c1-9-10-15(8,11(16)13(2,3)4)12(17)14(5,6)7/h11-12,16-17H,9-10H2,1-8H3. The van der Waals surface area contributed by atoms with Gasteiger partial charge in [-0.3, -0.25) is 0 Å². The van der Waals surface area contributed by atoms with Gasteiger partial charge in [0.2, 0.25) is 0 Å². The van der Waals surface area contributed by atoms with E-state index in [9.17, 15) is 10.2 Å². The lowest BCUT2D eigenvalue weighted by Crippen LogP contribution is -2.53. The lowest BCUT2D eigenvalue weighted by atomic mass is 9.61. The molecule has 0 saturated carbocycles. The SMILES string of the molecule is CCCC(C)(C(O)C(C)(C)C)C(O)C(C)(C)C. The third kappa shape index (κ3) is 3.96. The Balaban J connectivity index is 5.31. The molecule has 0 aliphatic rings. The van der Waals surface area contributed by atoms with E-state index in [4.69, 9.17) is 0 Å². The highest BCUT2D eigenvalue weighted by Crippen LogP contribution is 2.45. The molecule has 17 heavy (non-hydrogen) atoms. The summed E-state index contributed by atoms with van der Waals surface area (Å²) in [6.07, 6.45) is 0.786. The predicted molar refractivity (Wildman–Crippen MR) is 73.9 cm³/mol. The number of aliphatic hydroxyl groups excluding tert-OH is 2. The van der Waals surface area contributed by atoms with Crippen molar-refractivity contribution in [3.8, 4) is 0 Å². The molecule has 0 spiro atoms. The van der Waals surface area contributed by atoms with Crippen molar-refractivity contribution in [2.24, 2.45) is 16.2 Å². The first-order chi connectivity index (χ1) is 7.37. The zero-order valence-electron chi connectivity index (χ0n) is 13.0. The molecule has 0 aliphatic carbocycles. The van der Waals surface area contributed by atoms with E-state index >= 15 is 0 Å². The van der Waals surface area contributed by atoms with Gasteiger partial charge in [0.15, 0.2) is 0 Å². The van der Waals surface area contributed by atoms with Gasteiger partial charge >= 0.3 is 0 Å². The Labute approximate surface area is 107 Å². The highest BCUT2D eigenvalue weighted by Gasteiger charge is 2.48. The quantitative estimate of drug-likeness (QED) is 0.793. The lowest BCUT2D eigenvalue weighted by molar-refractivity contribution is -0.142. The summed E-state index contributed by atoms with van der Waals surface area (Å²) in [5, 5.41) is 21.2. The summed E-state index contributed by atoms with van der Waals surface area (Å²) in [5.74, 6) is 0. The molecule has 0 saturated heterocycles. The Bertz CT molecular complexity index is 212. The van der Waals surface area contributed by atoms with Crippen molar-refractivity contribution in [2.45, 2.75) is 80.4 Å². The number of hydrogen-bond acceptors (Lipinski definition) is 2. The van der Waals surface area contributed by atoms with Gasteiger partial charge < -0.3 is 10.2 Å². The maximum Gasteiger partial charge on any atom is 0.0666 e. The Hall–Kier alpha value is -0.0800. The summed E-state index contributed by atoms with van der Waals surface area (Å²) < 4.78 is 0. The van der Waals surface area contributed by atoms with E-state index in [2.05, 4.69) is 6.92 Å². The van der Waals surface area contributed by atoms with Crippen LogP contribution < -0.4 is 0 Å².